The maximum absolute atomic E-state index is 12.2. The van der Waals surface area contributed by atoms with Gasteiger partial charge in [-0.3, -0.25) is 9.59 Å². The fraction of sp³-hybridized carbons (Fsp3) is 0.643. The summed E-state index contributed by atoms with van der Waals surface area (Å²) in [5, 5.41) is 9.45. The number of nitrogens with zero attached hydrogens (tertiary/aromatic N) is 2. The smallest absolute Gasteiger partial charge is 0.235 e. The summed E-state index contributed by atoms with van der Waals surface area (Å²) in [4.78, 5) is 25.9. The van der Waals surface area contributed by atoms with Gasteiger partial charge in [0.25, 0.3) is 0 Å². The third-order valence-corrected chi connectivity index (χ3v) is 4.41. The number of anilines is 1. The Labute approximate surface area is 146 Å². The summed E-state index contributed by atoms with van der Waals surface area (Å²) < 4.78 is 4.87. The molecule has 0 saturated carbocycles. The summed E-state index contributed by atoms with van der Waals surface area (Å²) in [6.07, 6.45) is 2.10. The molecule has 1 aliphatic heterocycles. The largest absolute Gasteiger partial charge is 0.360 e. The van der Waals surface area contributed by atoms with Crippen LogP contribution in [-0.4, -0.2) is 59.6 Å². The minimum Gasteiger partial charge on any atom is -0.360 e. The number of rotatable bonds is 7. The van der Waals surface area contributed by atoms with Crippen molar-refractivity contribution in [2.45, 2.75) is 25.8 Å². The van der Waals surface area contributed by atoms with Gasteiger partial charge in [-0.05, 0) is 26.8 Å². The zero-order valence-corrected chi connectivity index (χ0v) is 15.0. The molecule has 9 heteroatoms. The Hall–Kier alpha value is -1.25. The number of aromatic nitrogens is 1. The monoisotopic (exact) mass is 362 g/mol. The second kappa shape index (κ2) is 9.79. The molecule has 0 bridgehead atoms. The lowest BCUT2D eigenvalue weighted by Crippen LogP contribution is -2.41. The van der Waals surface area contributed by atoms with Gasteiger partial charge in [0.2, 0.25) is 11.8 Å². The average Bonchev–Trinajstić information content (AvgIpc) is 3.08. The molecule has 2 amide bonds. The van der Waals surface area contributed by atoms with Crippen LogP contribution in [0.5, 0.6) is 0 Å². The molecule has 0 aromatic carbocycles. The van der Waals surface area contributed by atoms with E-state index in [1.54, 1.807) is 13.0 Å². The number of nitrogens with one attached hydrogen (secondary N) is 2. The number of carbonyl (C=O) groups is 2. The fourth-order valence-corrected chi connectivity index (χ4v) is 3.23. The Morgan fingerprint density at radius 1 is 1.48 bits per heavy atom. The van der Waals surface area contributed by atoms with E-state index in [0.29, 0.717) is 17.3 Å². The van der Waals surface area contributed by atoms with E-state index in [9.17, 15) is 9.59 Å². The number of amides is 2. The first-order valence-corrected chi connectivity index (χ1v) is 8.50. The highest BCUT2D eigenvalue weighted by molar-refractivity contribution is 8.00. The number of thioether (sulfide) groups is 1. The van der Waals surface area contributed by atoms with E-state index >= 15 is 0 Å². The molecule has 1 aliphatic rings. The first-order valence-electron chi connectivity index (χ1n) is 7.35. The van der Waals surface area contributed by atoms with Gasteiger partial charge in [0, 0.05) is 25.2 Å². The Kier molecular flexibility index (Phi) is 8.43. The topological polar surface area (TPSA) is 87.5 Å². The molecule has 0 radical (unpaired) electrons. The van der Waals surface area contributed by atoms with Crippen LogP contribution in [0.1, 0.15) is 18.6 Å². The molecular formula is C14H23ClN4O3S. The minimum atomic E-state index is -0.181. The van der Waals surface area contributed by atoms with E-state index in [0.717, 1.165) is 25.9 Å². The van der Waals surface area contributed by atoms with Crippen LogP contribution >= 0.6 is 24.2 Å². The molecule has 130 valence electrons. The predicted octanol–water partition coefficient (Wildman–Crippen LogP) is 1.29. The number of carbonyl (C=O) groups excluding carboxylic acids is 2. The lowest BCUT2D eigenvalue weighted by Gasteiger charge is -2.24. The molecular weight excluding hydrogens is 340 g/mol. The fourth-order valence-electron chi connectivity index (χ4n) is 2.53. The molecule has 1 saturated heterocycles. The summed E-state index contributed by atoms with van der Waals surface area (Å²) in [6, 6.07) is 1.94. The predicted molar refractivity (Wildman–Crippen MR) is 93.1 cm³/mol. The van der Waals surface area contributed by atoms with Crippen LogP contribution in [0, 0.1) is 6.92 Å². The van der Waals surface area contributed by atoms with Crippen molar-refractivity contribution in [2.24, 2.45) is 0 Å². The molecule has 1 atom stereocenters. The van der Waals surface area contributed by atoms with E-state index in [1.807, 2.05) is 11.9 Å². The van der Waals surface area contributed by atoms with E-state index in [-0.39, 0.29) is 36.0 Å². The van der Waals surface area contributed by atoms with Crippen LogP contribution in [0.3, 0.4) is 0 Å². The molecule has 0 aliphatic carbocycles. The molecule has 23 heavy (non-hydrogen) atoms. The van der Waals surface area contributed by atoms with Gasteiger partial charge in [-0.25, -0.2) is 0 Å². The van der Waals surface area contributed by atoms with Gasteiger partial charge < -0.3 is 20.1 Å². The van der Waals surface area contributed by atoms with Crippen LogP contribution in [0.2, 0.25) is 0 Å². The van der Waals surface area contributed by atoms with Crippen molar-refractivity contribution in [3.63, 3.8) is 0 Å². The lowest BCUT2D eigenvalue weighted by molar-refractivity contribution is -0.129. The highest BCUT2D eigenvalue weighted by Gasteiger charge is 2.27. The number of aryl methyl sites for hydroxylation is 1. The lowest BCUT2D eigenvalue weighted by atomic mass is 10.2. The van der Waals surface area contributed by atoms with Gasteiger partial charge in [0.1, 0.15) is 5.76 Å². The molecule has 1 unspecified atom stereocenters. The zero-order valence-electron chi connectivity index (χ0n) is 13.3. The van der Waals surface area contributed by atoms with E-state index in [4.69, 9.17) is 4.52 Å². The molecule has 2 heterocycles. The Morgan fingerprint density at radius 3 is 2.91 bits per heavy atom. The summed E-state index contributed by atoms with van der Waals surface area (Å²) in [5.74, 6) is 1.52. The Bertz CT molecular complexity index is 526. The minimum absolute atomic E-state index is 0. The number of halogens is 1. The number of likely N-dealkylation sites (N-methyl/N-ethyl adjacent to an activating group) is 1. The van der Waals surface area contributed by atoms with Crippen molar-refractivity contribution in [3.05, 3.63) is 11.8 Å². The molecule has 0 spiro atoms. The van der Waals surface area contributed by atoms with E-state index in [2.05, 4.69) is 15.8 Å². The molecule has 2 N–H and O–H groups in total. The summed E-state index contributed by atoms with van der Waals surface area (Å²) >= 11 is 1.32. The van der Waals surface area contributed by atoms with Gasteiger partial charge in [-0.2, -0.15) is 0 Å². The average molecular weight is 363 g/mol. The van der Waals surface area contributed by atoms with Gasteiger partial charge in [-0.1, -0.05) is 5.16 Å². The zero-order chi connectivity index (χ0) is 15.9. The molecule has 1 aromatic rings. The van der Waals surface area contributed by atoms with Crippen LogP contribution in [0.4, 0.5) is 5.82 Å². The standard InChI is InChI=1S/C14H22N4O3S.ClH/c1-10-6-12(17-21-10)16-13(19)8-22-9-14(20)18-5-3-4-11(18)7-15-2;/h6,11,15H,3-5,7-9H2,1-2H3,(H,16,17,19);1H. The third kappa shape index (κ3) is 6.04. The van der Waals surface area contributed by atoms with Crippen molar-refractivity contribution in [1.29, 1.82) is 0 Å². The van der Waals surface area contributed by atoms with Crippen LogP contribution in [-0.2, 0) is 9.59 Å². The maximum atomic E-state index is 12.2. The molecule has 7 nitrogen and oxygen atoms in total. The van der Waals surface area contributed by atoms with Crippen LogP contribution in [0.25, 0.3) is 0 Å². The van der Waals surface area contributed by atoms with Crippen molar-refractivity contribution in [2.75, 3.05) is 37.0 Å². The first-order chi connectivity index (χ1) is 10.6. The van der Waals surface area contributed by atoms with Gasteiger partial charge in [0.15, 0.2) is 5.82 Å². The second-order valence-corrected chi connectivity index (χ2v) is 6.29. The van der Waals surface area contributed by atoms with Gasteiger partial charge in [0.05, 0.1) is 11.5 Å². The molecule has 1 aromatic heterocycles. The SMILES string of the molecule is CNCC1CCCN1C(=O)CSCC(=O)Nc1cc(C)on1.Cl. The Morgan fingerprint density at radius 2 is 2.26 bits per heavy atom. The third-order valence-electron chi connectivity index (χ3n) is 3.49. The molecule has 2 rings (SSSR count). The summed E-state index contributed by atoms with van der Waals surface area (Å²) in [7, 11) is 1.89. The highest BCUT2D eigenvalue weighted by atomic mass is 35.5. The second-order valence-electron chi connectivity index (χ2n) is 5.30. The van der Waals surface area contributed by atoms with Crippen LogP contribution < -0.4 is 10.6 Å². The Balaban J connectivity index is 0.00000264. The number of hydrogen-bond donors (Lipinski definition) is 2. The van der Waals surface area contributed by atoms with Crippen LogP contribution in [0.15, 0.2) is 10.6 Å². The van der Waals surface area contributed by atoms with Crippen molar-refractivity contribution in [3.8, 4) is 0 Å². The maximum Gasteiger partial charge on any atom is 0.235 e. The highest BCUT2D eigenvalue weighted by Crippen LogP contribution is 2.18. The van der Waals surface area contributed by atoms with E-state index < -0.39 is 0 Å². The van der Waals surface area contributed by atoms with Gasteiger partial charge in [-0.15, -0.1) is 24.2 Å². The summed E-state index contributed by atoms with van der Waals surface area (Å²) in [5.41, 5.74) is 0. The quantitative estimate of drug-likeness (QED) is 0.760. The first kappa shape index (κ1) is 19.8. The van der Waals surface area contributed by atoms with Crippen molar-refractivity contribution in [1.82, 2.24) is 15.4 Å². The van der Waals surface area contributed by atoms with Gasteiger partial charge >= 0.3 is 0 Å². The summed E-state index contributed by atoms with van der Waals surface area (Å²) in [6.45, 7) is 3.40. The van der Waals surface area contributed by atoms with Crippen molar-refractivity contribution >= 4 is 41.8 Å². The number of hydrogen-bond acceptors (Lipinski definition) is 6. The van der Waals surface area contributed by atoms with E-state index in [1.165, 1.54) is 11.8 Å². The van der Waals surface area contributed by atoms with Crippen molar-refractivity contribution < 1.29 is 14.1 Å². The normalized spacial score (nSPS) is 17.0. The molecule has 1 fully saturated rings. The number of likely N-dealkylation sites (tertiary alicyclic amines) is 1.